The normalized spacial score (nSPS) is 11.0. The highest BCUT2D eigenvalue weighted by molar-refractivity contribution is 7.22. The van der Waals surface area contributed by atoms with E-state index in [1.54, 1.807) is 6.92 Å². The summed E-state index contributed by atoms with van der Waals surface area (Å²) in [6.45, 7) is 2.10. The van der Waals surface area contributed by atoms with Crippen LogP contribution in [0.1, 0.15) is 17.3 Å². The van der Waals surface area contributed by atoms with Crippen molar-refractivity contribution in [2.45, 2.75) is 6.92 Å². The standard InChI is InChI=1S/C16H11ClF2N2OS/c1-2-21(16-20-13-5-3-4-6-14(13)23-16)15(22)9-7-11(18)12(19)8-10(9)17/h3-8H,2H2,1H3. The fraction of sp³-hybridized carbons (Fsp3) is 0.125. The summed E-state index contributed by atoms with van der Waals surface area (Å²) in [7, 11) is 0. The first-order chi connectivity index (χ1) is 11.0. The molecule has 118 valence electrons. The highest BCUT2D eigenvalue weighted by atomic mass is 35.5. The number of carbonyl (C=O) groups excluding carboxylic acids is 1. The highest BCUT2D eigenvalue weighted by Gasteiger charge is 2.23. The lowest BCUT2D eigenvalue weighted by Gasteiger charge is -2.18. The van der Waals surface area contributed by atoms with Crippen LogP contribution in [0.4, 0.5) is 13.9 Å². The molecule has 0 unspecified atom stereocenters. The van der Waals surface area contributed by atoms with Crippen LogP contribution in [0, 0.1) is 11.6 Å². The fourth-order valence-corrected chi connectivity index (χ4v) is 3.43. The van der Waals surface area contributed by atoms with Crippen LogP contribution in [0.2, 0.25) is 5.02 Å². The van der Waals surface area contributed by atoms with Crippen molar-refractivity contribution in [3.63, 3.8) is 0 Å². The lowest BCUT2D eigenvalue weighted by Crippen LogP contribution is -2.30. The predicted octanol–water partition coefficient (Wildman–Crippen LogP) is 4.89. The van der Waals surface area contributed by atoms with E-state index >= 15 is 0 Å². The lowest BCUT2D eigenvalue weighted by molar-refractivity contribution is 0.0988. The third-order valence-electron chi connectivity index (χ3n) is 3.32. The number of para-hydroxylation sites is 1. The zero-order valence-electron chi connectivity index (χ0n) is 12.0. The molecular formula is C16H11ClF2N2OS. The molecule has 0 fully saturated rings. The molecule has 1 amide bonds. The Balaban J connectivity index is 2.03. The molecule has 3 rings (SSSR count). The smallest absolute Gasteiger partial charge is 0.261 e. The van der Waals surface area contributed by atoms with Gasteiger partial charge in [0, 0.05) is 6.54 Å². The quantitative estimate of drug-likeness (QED) is 0.628. The summed E-state index contributed by atoms with van der Waals surface area (Å²) in [6.07, 6.45) is 0. The minimum Gasteiger partial charge on any atom is -0.284 e. The van der Waals surface area contributed by atoms with Crippen molar-refractivity contribution in [2.75, 3.05) is 11.4 Å². The van der Waals surface area contributed by atoms with E-state index in [2.05, 4.69) is 4.98 Å². The Labute approximate surface area is 140 Å². The molecule has 0 saturated carbocycles. The molecule has 0 N–H and O–H groups in total. The van der Waals surface area contributed by atoms with Crippen molar-refractivity contribution >= 4 is 44.2 Å². The van der Waals surface area contributed by atoms with Crippen molar-refractivity contribution in [3.05, 3.63) is 58.6 Å². The number of carbonyl (C=O) groups is 1. The molecule has 0 bridgehead atoms. The van der Waals surface area contributed by atoms with Crippen LogP contribution in [-0.4, -0.2) is 17.4 Å². The van der Waals surface area contributed by atoms with Crippen molar-refractivity contribution < 1.29 is 13.6 Å². The van der Waals surface area contributed by atoms with Crippen LogP contribution in [0.15, 0.2) is 36.4 Å². The second-order valence-corrected chi connectivity index (χ2v) is 6.18. The van der Waals surface area contributed by atoms with E-state index in [1.807, 2.05) is 24.3 Å². The van der Waals surface area contributed by atoms with Gasteiger partial charge in [-0.3, -0.25) is 9.69 Å². The van der Waals surface area contributed by atoms with Gasteiger partial charge in [-0.05, 0) is 31.2 Å². The van der Waals surface area contributed by atoms with E-state index in [4.69, 9.17) is 11.6 Å². The molecule has 0 aliphatic heterocycles. The first kappa shape index (κ1) is 15.8. The topological polar surface area (TPSA) is 33.2 Å². The molecule has 0 aliphatic carbocycles. The van der Waals surface area contributed by atoms with E-state index in [1.165, 1.54) is 16.2 Å². The molecule has 3 nitrogen and oxygen atoms in total. The molecule has 0 saturated heterocycles. The first-order valence-electron chi connectivity index (χ1n) is 6.83. The number of hydrogen-bond donors (Lipinski definition) is 0. The molecule has 1 aromatic heterocycles. The average Bonchev–Trinajstić information content (AvgIpc) is 2.95. The van der Waals surface area contributed by atoms with Crippen LogP contribution < -0.4 is 4.90 Å². The average molecular weight is 353 g/mol. The number of thiazole rings is 1. The van der Waals surface area contributed by atoms with Gasteiger partial charge in [-0.1, -0.05) is 35.1 Å². The Kier molecular flexibility index (Phi) is 4.28. The second-order valence-electron chi connectivity index (χ2n) is 4.76. The van der Waals surface area contributed by atoms with E-state index < -0.39 is 17.5 Å². The highest BCUT2D eigenvalue weighted by Crippen LogP contribution is 2.30. The molecule has 23 heavy (non-hydrogen) atoms. The molecule has 3 aromatic rings. The molecule has 0 spiro atoms. The molecule has 2 aromatic carbocycles. The van der Waals surface area contributed by atoms with Gasteiger partial charge in [0.25, 0.3) is 5.91 Å². The largest absolute Gasteiger partial charge is 0.284 e. The van der Waals surface area contributed by atoms with Gasteiger partial charge >= 0.3 is 0 Å². The molecular weight excluding hydrogens is 342 g/mol. The molecule has 1 heterocycles. The van der Waals surface area contributed by atoms with Gasteiger partial charge in [0.15, 0.2) is 16.8 Å². The van der Waals surface area contributed by atoms with Crippen LogP contribution >= 0.6 is 22.9 Å². The van der Waals surface area contributed by atoms with Gasteiger partial charge in [-0.15, -0.1) is 0 Å². The lowest BCUT2D eigenvalue weighted by atomic mass is 10.2. The Morgan fingerprint density at radius 3 is 2.65 bits per heavy atom. The third kappa shape index (κ3) is 2.92. The summed E-state index contributed by atoms with van der Waals surface area (Å²) in [5.41, 5.74) is 0.682. The van der Waals surface area contributed by atoms with Crippen LogP contribution in [0.3, 0.4) is 0 Å². The molecule has 7 heteroatoms. The molecule has 0 atom stereocenters. The number of hydrogen-bond acceptors (Lipinski definition) is 3. The van der Waals surface area contributed by atoms with Gasteiger partial charge in [0.2, 0.25) is 0 Å². The summed E-state index contributed by atoms with van der Waals surface area (Å²) in [6, 6.07) is 9.11. The number of rotatable bonds is 3. The zero-order valence-corrected chi connectivity index (χ0v) is 13.6. The van der Waals surface area contributed by atoms with E-state index in [0.29, 0.717) is 11.7 Å². The van der Waals surface area contributed by atoms with Crippen molar-refractivity contribution in [2.24, 2.45) is 0 Å². The molecule has 0 aliphatic rings. The van der Waals surface area contributed by atoms with Crippen LogP contribution in [-0.2, 0) is 0 Å². The Morgan fingerprint density at radius 1 is 1.26 bits per heavy atom. The maximum atomic E-state index is 13.4. The van der Waals surface area contributed by atoms with E-state index in [-0.39, 0.29) is 10.6 Å². The number of anilines is 1. The summed E-state index contributed by atoms with van der Waals surface area (Å²) >= 11 is 7.24. The van der Waals surface area contributed by atoms with Gasteiger partial charge < -0.3 is 0 Å². The zero-order chi connectivity index (χ0) is 16.6. The minimum absolute atomic E-state index is 0.0910. The second kappa shape index (κ2) is 6.22. The number of amides is 1. The monoisotopic (exact) mass is 352 g/mol. The summed E-state index contributed by atoms with van der Waals surface area (Å²) in [5.74, 6) is -2.72. The number of aromatic nitrogens is 1. The fourth-order valence-electron chi connectivity index (χ4n) is 2.17. The van der Waals surface area contributed by atoms with Gasteiger partial charge in [0.05, 0.1) is 20.8 Å². The number of halogens is 3. The summed E-state index contributed by atoms with van der Waals surface area (Å²) < 4.78 is 27.5. The summed E-state index contributed by atoms with van der Waals surface area (Å²) in [5, 5.41) is 0.355. The van der Waals surface area contributed by atoms with Crippen LogP contribution in [0.5, 0.6) is 0 Å². The Hall–Kier alpha value is -2.05. The maximum Gasteiger partial charge on any atom is 0.261 e. The van der Waals surface area contributed by atoms with Gasteiger partial charge in [-0.2, -0.15) is 0 Å². The third-order valence-corrected chi connectivity index (χ3v) is 4.69. The minimum atomic E-state index is -1.11. The number of nitrogens with zero attached hydrogens (tertiary/aromatic N) is 2. The Morgan fingerprint density at radius 2 is 1.96 bits per heavy atom. The maximum absolute atomic E-state index is 13.4. The van der Waals surface area contributed by atoms with Gasteiger partial charge in [0.1, 0.15) is 0 Å². The first-order valence-corrected chi connectivity index (χ1v) is 8.02. The van der Waals surface area contributed by atoms with E-state index in [9.17, 15) is 13.6 Å². The van der Waals surface area contributed by atoms with Crippen LogP contribution in [0.25, 0.3) is 10.2 Å². The van der Waals surface area contributed by atoms with Crippen molar-refractivity contribution in [1.29, 1.82) is 0 Å². The summed E-state index contributed by atoms with van der Waals surface area (Å²) in [4.78, 5) is 18.5. The number of benzene rings is 2. The van der Waals surface area contributed by atoms with Gasteiger partial charge in [-0.25, -0.2) is 13.8 Å². The SMILES string of the molecule is CCN(C(=O)c1cc(F)c(F)cc1Cl)c1nc2ccccc2s1. The Bertz CT molecular complexity index is 864. The predicted molar refractivity (Wildman–Crippen MR) is 88.3 cm³/mol. The van der Waals surface area contributed by atoms with Crippen molar-refractivity contribution in [1.82, 2.24) is 4.98 Å². The number of fused-ring (bicyclic) bond motifs is 1. The van der Waals surface area contributed by atoms with Crippen molar-refractivity contribution in [3.8, 4) is 0 Å². The molecule has 0 radical (unpaired) electrons. The van der Waals surface area contributed by atoms with E-state index in [0.717, 1.165) is 22.3 Å².